The summed E-state index contributed by atoms with van der Waals surface area (Å²) in [7, 11) is 0. The number of carboxylic acids is 1. The molecule has 0 aliphatic heterocycles. The number of carbonyl (C=O) groups excluding carboxylic acids is 1. The first kappa shape index (κ1) is 27.0. The summed E-state index contributed by atoms with van der Waals surface area (Å²) in [5.74, 6) is -1.71. The van der Waals surface area contributed by atoms with Gasteiger partial charge in [-0.3, -0.25) is 0 Å². The molecular formula is C20H18Cl3O2Sn-. The molecule has 0 atom stereocenters. The molecule has 0 unspecified atom stereocenters. The molecule has 3 aromatic rings. The second-order valence-corrected chi connectivity index (χ2v) is 6.53. The third-order valence-corrected chi connectivity index (χ3v) is 2.69. The van der Waals surface area contributed by atoms with Gasteiger partial charge in [0.05, 0.1) is 5.97 Å². The molecule has 0 bridgehead atoms. The largest absolute Gasteiger partial charge is 0.545 e. The average Bonchev–Trinajstić information content (AvgIpc) is 2.67. The van der Waals surface area contributed by atoms with Crippen LogP contribution in [0.3, 0.4) is 0 Å². The number of aliphatic carboxylic acids is 1. The minimum atomic E-state index is -2.28. The van der Waals surface area contributed by atoms with E-state index in [0.717, 1.165) is 0 Å². The standard InChI is InChI=1S/3C6H6.C2HCl3O2.Sn/c3*1-2-4-6-5-3-1;3-2(4,5)1(6)7;/h3*1-6H;(H,6,7);/p-1. The monoisotopic (exact) mass is 515 g/mol. The molecule has 0 aliphatic rings. The molecule has 6 heteroatoms. The van der Waals surface area contributed by atoms with Crippen LogP contribution in [0.1, 0.15) is 0 Å². The maximum absolute atomic E-state index is 9.51. The molecule has 4 radical (unpaired) electrons. The van der Waals surface area contributed by atoms with Gasteiger partial charge in [0.25, 0.3) is 0 Å². The number of halogens is 3. The van der Waals surface area contributed by atoms with Crippen molar-refractivity contribution in [1.82, 2.24) is 0 Å². The molecular weight excluding hydrogens is 497 g/mol. The Morgan fingerprint density at radius 3 is 0.615 bits per heavy atom. The normalized spacial score (nSPS) is 8.58. The molecule has 0 saturated heterocycles. The Balaban J connectivity index is 0. The number of rotatable bonds is 0. The fourth-order valence-electron chi connectivity index (χ4n) is 1.15. The molecule has 0 aromatic heterocycles. The topological polar surface area (TPSA) is 40.1 Å². The van der Waals surface area contributed by atoms with Crippen LogP contribution < -0.4 is 5.11 Å². The molecule has 26 heavy (non-hydrogen) atoms. The van der Waals surface area contributed by atoms with Crippen molar-refractivity contribution in [2.24, 2.45) is 0 Å². The molecule has 0 amide bonds. The molecule has 0 heterocycles. The van der Waals surface area contributed by atoms with E-state index in [1.807, 2.05) is 109 Å². The van der Waals surface area contributed by atoms with Crippen LogP contribution in [-0.4, -0.2) is 33.7 Å². The van der Waals surface area contributed by atoms with Crippen molar-refractivity contribution >= 4 is 64.7 Å². The van der Waals surface area contributed by atoms with Crippen molar-refractivity contribution in [3.8, 4) is 0 Å². The van der Waals surface area contributed by atoms with E-state index < -0.39 is 9.76 Å². The van der Waals surface area contributed by atoms with E-state index in [0.29, 0.717) is 0 Å². The van der Waals surface area contributed by atoms with Gasteiger partial charge in [-0.25, -0.2) is 0 Å². The van der Waals surface area contributed by atoms with Crippen LogP contribution in [0.2, 0.25) is 0 Å². The van der Waals surface area contributed by atoms with Gasteiger partial charge in [-0.1, -0.05) is 144 Å². The Labute approximate surface area is 186 Å². The van der Waals surface area contributed by atoms with Gasteiger partial charge in [0.2, 0.25) is 3.79 Å². The second kappa shape index (κ2) is 18.6. The fourth-order valence-corrected chi connectivity index (χ4v) is 1.15. The zero-order valence-corrected chi connectivity index (χ0v) is 19.0. The van der Waals surface area contributed by atoms with Crippen LogP contribution in [0, 0.1) is 0 Å². The van der Waals surface area contributed by atoms with Crippen LogP contribution in [0.5, 0.6) is 0 Å². The van der Waals surface area contributed by atoms with Crippen LogP contribution in [-0.2, 0) is 4.79 Å². The van der Waals surface area contributed by atoms with Gasteiger partial charge in [-0.2, -0.15) is 0 Å². The summed E-state index contributed by atoms with van der Waals surface area (Å²) in [5, 5.41) is 9.51. The summed E-state index contributed by atoms with van der Waals surface area (Å²) in [4.78, 5) is 9.51. The summed E-state index contributed by atoms with van der Waals surface area (Å²) >= 11 is 14.2. The molecule has 2 nitrogen and oxygen atoms in total. The minimum Gasteiger partial charge on any atom is -0.545 e. The molecule has 3 aromatic carbocycles. The second-order valence-electron chi connectivity index (χ2n) is 4.25. The third kappa shape index (κ3) is 20.8. The summed E-state index contributed by atoms with van der Waals surface area (Å²) in [6.45, 7) is 0. The van der Waals surface area contributed by atoms with E-state index in [-0.39, 0.29) is 23.9 Å². The van der Waals surface area contributed by atoms with Crippen molar-refractivity contribution in [1.29, 1.82) is 0 Å². The van der Waals surface area contributed by atoms with E-state index in [2.05, 4.69) is 0 Å². The van der Waals surface area contributed by atoms with Gasteiger partial charge in [-0.05, 0) is 0 Å². The van der Waals surface area contributed by atoms with Gasteiger partial charge in [0.15, 0.2) is 0 Å². The quantitative estimate of drug-likeness (QED) is 0.319. The van der Waals surface area contributed by atoms with Crippen LogP contribution in [0.25, 0.3) is 0 Å². The SMILES string of the molecule is O=C([O-])C(Cl)(Cl)Cl.[Sn].c1ccccc1.c1ccccc1.c1ccccc1. The number of alkyl halides is 3. The van der Waals surface area contributed by atoms with Gasteiger partial charge < -0.3 is 9.90 Å². The maximum Gasteiger partial charge on any atom is 0.230 e. The number of carbonyl (C=O) groups is 1. The van der Waals surface area contributed by atoms with Gasteiger partial charge in [0, 0.05) is 23.9 Å². The van der Waals surface area contributed by atoms with Crippen molar-refractivity contribution < 1.29 is 9.90 Å². The molecule has 0 N–H and O–H groups in total. The fraction of sp³-hybridized carbons (Fsp3) is 0.0500. The van der Waals surface area contributed by atoms with Crippen molar-refractivity contribution in [3.05, 3.63) is 109 Å². The van der Waals surface area contributed by atoms with E-state index in [1.165, 1.54) is 0 Å². The van der Waals surface area contributed by atoms with E-state index >= 15 is 0 Å². The minimum absolute atomic E-state index is 0. The molecule has 0 aliphatic carbocycles. The molecule has 136 valence electrons. The first-order chi connectivity index (χ1) is 11.9. The zero-order chi connectivity index (χ0) is 18.8. The van der Waals surface area contributed by atoms with Crippen molar-refractivity contribution in [2.45, 2.75) is 3.79 Å². The number of benzene rings is 3. The Hall–Kier alpha value is -1.20. The Morgan fingerprint density at radius 2 is 0.577 bits per heavy atom. The molecule has 0 saturated carbocycles. The number of hydrogen-bond donors (Lipinski definition) is 0. The Morgan fingerprint density at radius 1 is 0.500 bits per heavy atom. The van der Waals surface area contributed by atoms with Crippen molar-refractivity contribution in [2.75, 3.05) is 0 Å². The van der Waals surface area contributed by atoms with E-state index in [1.54, 1.807) is 0 Å². The smallest absolute Gasteiger partial charge is 0.230 e. The predicted octanol–water partition coefficient (Wildman–Crippen LogP) is 4.79. The van der Waals surface area contributed by atoms with E-state index in [4.69, 9.17) is 34.8 Å². The van der Waals surface area contributed by atoms with Crippen LogP contribution in [0.4, 0.5) is 0 Å². The van der Waals surface area contributed by atoms with Crippen LogP contribution >= 0.6 is 34.8 Å². The molecule has 3 rings (SSSR count). The molecule has 0 spiro atoms. The Kier molecular flexibility index (Phi) is 19.3. The van der Waals surface area contributed by atoms with E-state index in [9.17, 15) is 9.90 Å². The summed E-state index contributed by atoms with van der Waals surface area (Å²) in [5.41, 5.74) is 0. The van der Waals surface area contributed by atoms with Gasteiger partial charge >= 0.3 is 0 Å². The number of carboxylic acid groups (broad SMARTS) is 1. The van der Waals surface area contributed by atoms with Gasteiger partial charge in [0.1, 0.15) is 0 Å². The average molecular weight is 515 g/mol. The first-order valence-electron chi connectivity index (χ1n) is 7.23. The molecule has 0 fully saturated rings. The van der Waals surface area contributed by atoms with Crippen molar-refractivity contribution in [3.63, 3.8) is 0 Å². The maximum atomic E-state index is 9.51. The zero-order valence-electron chi connectivity index (χ0n) is 13.8. The summed E-state index contributed by atoms with van der Waals surface area (Å²) in [6, 6.07) is 36.0. The summed E-state index contributed by atoms with van der Waals surface area (Å²) in [6.07, 6.45) is 0. The number of hydrogen-bond acceptors (Lipinski definition) is 2. The van der Waals surface area contributed by atoms with Gasteiger partial charge in [-0.15, -0.1) is 0 Å². The summed E-state index contributed by atoms with van der Waals surface area (Å²) < 4.78 is -2.28. The Bertz CT molecular complexity index is 478. The first-order valence-corrected chi connectivity index (χ1v) is 8.36. The predicted molar refractivity (Wildman–Crippen MR) is 110 cm³/mol. The van der Waals surface area contributed by atoms with Crippen LogP contribution in [0.15, 0.2) is 109 Å². The third-order valence-electron chi connectivity index (χ3n) is 2.23.